The lowest BCUT2D eigenvalue weighted by molar-refractivity contribution is 0.243. The Morgan fingerprint density at radius 1 is 1.47 bits per heavy atom. The molecule has 1 aromatic carbocycles. The Morgan fingerprint density at radius 3 is 2.82 bits per heavy atom. The minimum atomic E-state index is -0.190. The molecule has 0 bridgehead atoms. The first kappa shape index (κ1) is 13.7. The third-order valence-corrected chi connectivity index (χ3v) is 2.56. The first-order valence-electron chi connectivity index (χ1n) is 5.66. The maximum atomic E-state index is 13.1. The predicted molar refractivity (Wildman–Crippen MR) is 66.9 cm³/mol. The molecule has 1 atom stereocenters. The molecule has 0 aromatic heterocycles. The molecule has 0 aliphatic carbocycles. The fourth-order valence-corrected chi connectivity index (χ4v) is 1.51. The van der Waals surface area contributed by atoms with Gasteiger partial charge in [-0.3, -0.25) is 0 Å². The van der Waals surface area contributed by atoms with E-state index in [2.05, 4.69) is 17.2 Å². The summed E-state index contributed by atoms with van der Waals surface area (Å²) in [6.45, 7) is 4.18. The highest BCUT2D eigenvalue weighted by Crippen LogP contribution is 2.09. The number of benzene rings is 1. The SMILES string of the molecule is CC#CCC(CO)NCc1ccc(F)c(C)c1. The summed E-state index contributed by atoms with van der Waals surface area (Å²) < 4.78 is 13.1. The highest BCUT2D eigenvalue weighted by molar-refractivity contribution is 5.23. The third kappa shape index (κ3) is 4.56. The molecule has 0 saturated heterocycles. The van der Waals surface area contributed by atoms with Crippen molar-refractivity contribution in [2.75, 3.05) is 6.61 Å². The van der Waals surface area contributed by atoms with Crippen molar-refractivity contribution in [1.82, 2.24) is 5.32 Å². The van der Waals surface area contributed by atoms with E-state index >= 15 is 0 Å². The van der Waals surface area contributed by atoms with Gasteiger partial charge in [0.25, 0.3) is 0 Å². The maximum Gasteiger partial charge on any atom is 0.126 e. The van der Waals surface area contributed by atoms with Crippen molar-refractivity contribution in [3.63, 3.8) is 0 Å². The van der Waals surface area contributed by atoms with E-state index in [-0.39, 0.29) is 18.5 Å². The molecule has 3 heteroatoms. The molecule has 2 N–H and O–H groups in total. The second-order valence-corrected chi connectivity index (χ2v) is 3.97. The largest absolute Gasteiger partial charge is 0.395 e. The van der Waals surface area contributed by atoms with Crippen molar-refractivity contribution >= 4 is 0 Å². The fraction of sp³-hybridized carbons (Fsp3) is 0.429. The summed E-state index contributed by atoms with van der Waals surface area (Å²) in [5, 5.41) is 12.3. The zero-order valence-corrected chi connectivity index (χ0v) is 10.3. The lowest BCUT2D eigenvalue weighted by Gasteiger charge is -2.13. The average molecular weight is 235 g/mol. The van der Waals surface area contributed by atoms with Gasteiger partial charge in [0.1, 0.15) is 5.82 Å². The van der Waals surface area contributed by atoms with E-state index in [9.17, 15) is 4.39 Å². The van der Waals surface area contributed by atoms with Gasteiger partial charge < -0.3 is 10.4 Å². The van der Waals surface area contributed by atoms with Gasteiger partial charge in [0.2, 0.25) is 0 Å². The molecule has 0 amide bonds. The normalized spacial score (nSPS) is 11.8. The predicted octanol–water partition coefficient (Wildman–Crippen LogP) is 2.00. The average Bonchev–Trinajstić information content (AvgIpc) is 2.34. The number of hydrogen-bond acceptors (Lipinski definition) is 2. The van der Waals surface area contributed by atoms with E-state index in [1.165, 1.54) is 6.07 Å². The lowest BCUT2D eigenvalue weighted by Crippen LogP contribution is -2.31. The summed E-state index contributed by atoms with van der Waals surface area (Å²) in [4.78, 5) is 0. The molecular weight excluding hydrogens is 217 g/mol. The molecule has 17 heavy (non-hydrogen) atoms. The quantitative estimate of drug-likeness (QED) is 0.765. The molecule has 0 aliphatic rings. The van der Waals surface area contributed by atoms with Gasteiger partial charge in [-0.1, -0.05) is 12.1 Å². The molecule has 92 valence electrons. The van der Waals surface area contributed by atoms with Gasteiger partial charge in [0.05, 0.1) is 6.61 Å². The highest BCUT2D eigenvalue weighted by Gasteiger charge is 2.05. The summed E-state index contributed by atoms with van der Waals surface area (Å²) in [5.41, 5.74) is 1.64. The van der Waals surface area contributed by atoms with Crippen LogP contribution in [-0.2, 0) is 6.54 Å². The van der Waals surface area contributed by atoms with Crippen LogP contribution in [0.1, 0.15) is 24.5 Å². The van der Waals surface area contributed by atoms with Gasteiger partial charge in [-0.2, -0.15) is 0 Å². The van der Waals surface area contributed by atoms with Crippen molar-refractivity contribution in [3.05, 3.63) is 35.1 Å². The fourth-order valence-electron chi connectivity index (χ4n) is 1.51. The minimum absolute atomic E-state index is 0.0344. The minimum Gasteiger partial charge on any atom is -0.395 e. The van der Waals surface area contributed by atoms with E-state index in [1.807, 2.05) is 6.07 Å². The van der Waals surface area contributed by atoms with Crippen LogP contribution < -0.4 is 5.32 Å². The van der Waals surface area contributed by atoms with Crippen molar-refractivity contribution < 1.29 is 9.50 Å². The highest BCUT2D eigenvalue weighted by atomic mass is 19.1. The maximum absolute atomic E-state index is 13.1. The second-order valence-electron chi connectivity index (χ2n) is 3.97. The van der Waals surface area contributed by atoms with Crippen molar-refractivity contribution in [3.8, 4) is 11.8 Å². The molecule has 1 aromatic rings. The van der Waals surface area contributed by atoms with E-state index in [4.69, 9.17) is 5.11 Å². The molecule has 0 spiro atoms. The zero-order valence-electron chi connectivity index (χ0n) is 10.3. The second kappa shape index (κ2) is 7.05. The Labute approximate surface area is 102 Å². The number of nitrogens with one attached hydrogen (secondary N) is 1. The van der Waals surface area contributed by atoms with Crippen molar-refractivity contribution in [2.24, 2.45) is 0 Å². The van der Waals surface area contributed by atoms with Crippen LogP contribution in [0.15, 0.2) is 18.2 Å². The Hall–Kier alpha value is -1.37. The molecule has 0 aliphatic heterocycles. The monoisotopic (exact) mass is 235 g/mol. The van der Waals surface area contributed by atoms with Crippen LogP contribution in [-0.4, -0.2) is 17.8 Å². The molecule has 0 fully saturated rings. The summed E-state index contributed by atoms with van der Waals surface area (Å²) >= 11 is 0. The van der Waals surface area contributed by atoms with Crippen LogP contribution in [0.2, 0.25) is 0 Å². The number of aliphatic hydroxyl groups is 1. The summed E-state index contributed by atoms with van der Waals surface area (Å²) in [6, 6.07) is 4.98. The number of hydrogen-bond donors (Lipinski definition) is 2. The van der Waals surface area contributed by atoms with Gasteiger partial charge in [-0.25, -0.2) is 4.39 Å². The molecule has 0 saturated carbocycles. The van der Waals surface area contributed by atoms with Gasteiger partial charge in [0, 0.05) is 19.0 Å². The Morgan fingerprint density at radius 2 is 2.24 bits per heavy atom. The van der Waals surface area contributed by atoms with E-state index in [0.29, 0.717) is 18.5 Å². The topological polar surface area (TPSA) is 32.3 Å². The van der Waals surface area contributed by atoms with E-state index < -0.39 is 0 Å². The number of halogens is 1. The standard InChI is InChI=1S/C14H18FNO/c1-3-4-5-13(10-17)16-9-12-6-7-14(15)11(2)8-12/h6-8,13,16-17H,5,9-10H2,1-2H3. The van der Waals surface area contributed by atoms with Crippen molar-refractivity contribution in [1.29, 1.82) is 0 Å². The summed E-state index contributed by atoms with van der Waals surface area (Å²) in [7, 11) is 0. The molecule has 0 radical (unpaired) electrons. The smallest absolute Gasteiger partial charge is 0.126 e. The van der Waals surface area contributed by atoms with Crippen LogP contribution >= 0.6 is 0 Å². The van der Waals surface area contributed by atoms with Gasteiger partial charge in [0.15, 0.2) is 0 Å². The Kier molecular flexibility index (Phi) is 5.68. The van der Waals surface area contributed by atoms with E-state index in [1.54, 1.807) is 19.9 Å². The van der Waals surface area contributed by atoms with Crippen LogP contribution in [0.3, 0.4) is 0 Å². The number of rotatable bonds is 5. The first-order chi connectivity index (χ1) is 8.17. The molecule has 1 unspecified atom stereocenters. The molecular formula is C14H18FNO. The zero-order chi connectivity index (χ0) is 12.7. The number of aryl methyl sites for hydroxylation is 1. The summed E-state index contributed by atoms with van der Waals surface area (Å²) in [6.07, 6.45) is 0.618. The van der Waals surface area contributed by atoms with Gasteiger partial charge >= 0.3 is 0 Å². The Balaban J connectivity index is 2.52. The molecule has 2 nitrogen and oxygen atoms in total. The summed E-state index contributed by atoms with van der Waals surface area (Å²) in [5.74, 6) is 5.53. The third-order valence-electron chi connectivity index (χ3n) is 2.56. The van der Waals surface area contributed by atoms with Crippen molar-refractivity contribution in [2.45, 2.75) is 32.9 Å². The van der Waals surface area contributed by atoms with Gasteiger partial charge in [-0.15, -0.1) is 11.8 Å². The van der Waals surface area contributed by atoms with Crippen LogP contribution in [0.25, 0.3) is 0 Å². The molecule has 1 rings (SSSR count). The van der Waals surface area contributed by atoms with Crippen LogP contribution in [0.5, 0.6) is 0 Å². The number of aliphatic hydroxyl groups excluding tert-OH is 1. The lowest BCUT2D eigenvalue weighted by atomic mass is 10.1. The Bertz CT molecular complexity index is 420. The van der Waals surface area contributed by atoms with Crippen LogP contribution in [0, 0.1) is 24.6 Å². The first-order valence-corrected chi connectivity index (χ1v) is 5.66. The molecule has 0 heterocycles. The van der Waals surface area contributed by atoms with Gasteiger partial charge in [-0.05, 0) is 31.0 Å². The van der Waals surface area contributed by atoms with E-state index in [0.717, 1.165) is 5.56 Å². The van der Waals surface area contributed by atoms with Crippen LogP contribution in [0.4, 0.5) is 4.39 Å².